The van der Waals surface area contributed by atoms with Gasteiger partial charge < -0.3 is 4.52 Å². The largest absolute Gasteiger partial charge is 0.339 e. The smallest absolute Gasteiger partial charge is 0.227 e. The fourth-order valence-electron chi connectivity index (χ4n) is 1.73. The molecule has 0 aliphatic carbocycles. The van der Waals surface area contributed by atoms with E-state index in [-0.39, 0.29) is 16.4 Å². The van der Waals surface area contributed by atoms with Crippen molar-refractivity contribution in [2.24, 2.45) is 5.92 Å². The van der Waals surface area contributed by atoms with Crippen molar-refractivity contribution >= 4 is 9.84 Å². The second-order valence-corrected chi connectivity index (χ2v) is 6.84. The van der Waals surface area contributed by atoms with Crippen molar-refractivity contribution in [1.82, 2.24) is 15.1 Å². The average Bonchev–Trinajstić information content (AvgIpc) is 2.86. The van der Waals surface area contributed by atoms with Crippen LogP contribution in [-0.4, -0.2) is 29.8 Å². The lowest BCUT2D eigenvalue weighted by atomic mass is 10.1. The molecular formula is C13H17N3O3S. The van der Waals surface area contributed by atoms with Crippen LogP contribution in [0, 0.1) is 5.92 Å². The van der Waals surface area contributed by atoms with Gasteiger partial charge >= 0.3 is 0 Å². The second-order valence-electron chi connectivity index (χ2n) is 4.85. The van der Waals surface area contributed by atoms with Crippen LogP contribution in [0.25, 0.3) is 11.5 Å². The van der Waals surface area contributed by atoms with Crippen LogP contribution in [0.4, 0.5) is 0 Å². The standard InChI is InChI=1S/C13H17N3O3S/c1-4-9(2)8-11-15-13(16-19-11)12-10(20(3,17)18)6-5-7-14-12/h5-7,9H,4,8H2,1-3H3. The summed E-state index contributed by atoms with van der Waals surface area (Å²) in [5.74, 6) is 1.14. The zero-order chi connectivity index (χ0) is 14.8. The summed E-state index contributed by atoms with van der Waals surface area (Å²) >= 11 is 0. The molecule has 2 aromatic heterocycles. The summed E-state index contributed by atoms with van der Waals surface area (Å²) in [7, 11) is -3.38. The molecule has 1 atom stereocenters. The van der Waals surface area contributed by atoms with Gasteiger partial charge in [-0.05, 0) is 18.1 Å². The van der Waals surface area contributed by atoms with E-state index in [1.54, 1.807) is 6.07 Å². The molecule has 2 heterocycles. The Kier molecular flexibility index (Phi) is 4.17. The van der Waals surface area contributed by atoms with E-state index in [0.29, 0.717) is 18.2 Å². The van der Waals surface area contributed by atoms with E-state index in [1.807, 2.05) is 0 Å². The molecule has 1 unspecified atom stereocenters. The third kappa shape index (κ3) is 3.22. The highest BCUT2D eigenvalue weighted by Crippen LogP contribution is 2.23. The normalized spacial score (nSPS) is 13.3. The predicted molar refractivity (Wildman–Crippen MR) is 73.8 cm³/mol. The third-order valence-corrected chi connectivity index (χ3v) is 4.20. The van der Waals surface area contributed by atoms with Crippen LogP contribution in [0.3, 0.4) is 0 Å². The lowest BCUT2D eigenvalue weighted by Crippen LogP contribution is -2.02. The summed E-state index contributed by atoms with van der Waals surface area (Å²) in [6, 6.07) is 3.06. The lowest BCUT2D eigenvalue weighted by Gasteiger charge is -2.02. The van der Waals surface area contributed by atoms with Crippen molar-refractivity contribution in [3.63, 3.8) is 0 Å². The molecule has 0 amide bonds. The van der Waals surface area contributed by atoms with Crippen LogP contribution in [0.5, 0.6) is 0 Å². The van der Waals surface area contributed by atoms with E-state index in [9.17, 15) is 8.42 Å². The summed E-state index contributed by atoms with van der Waals surface area (Å²) in [5, 5.41) is 3.83. The fourth-order valence-corrected chi connectivity index (χ4v) is 2.56. The number of pyridine rings is 1. The van der Waals surface area contributed by atoms with E-state index < -0.39 is 9.84 Å². The van der Waals surface area contributed by atoms with Crippen LogP contribution in [0.15, 0.2) is 27.7 Å². The maximum Gasteiger partial charge on any atom is 0.227 e. The Labute approximate surface area is 118 Å². The van der Waals surface area contributed by atoms with E-state index in [4.69, 9.17) is 4.52 Å². The predicted octanol–water partition coefficient (Wildman–Crippen LogP) is 2.12. The average molecular weight is 295 g/mol. The Morgan fingerprint density at radius 1 is 1.40 bits per heavy atom. The van der Waals surface area contributed by atoms with Crippen molar-refractivity contribution in [3.05, 3.63) is 24.2 Å². The topological polar surface area (TPSA) is 86.0 Å². The van der Waals surface area contributed by atoms with Gasteiger partial charge in [-0.1, -0.05) is 25.4 Å². The summed E-state index contributed by atoms with van der Waals surface area (Å²) < 4.78 is 28.6. The van der Waals surface area contributed by atoms with E-state index in [1.165, 1.54) is 12.3 Å². The Bertz CT molecular complexity index is 694. The third-order valence-electron chi connectivity index (χ3n) is 3.07. The summed E-state index contributed by atoms with van der Waals surface area (Å²) in [6.45, 7) is 4.18. The Balaban J connectivity index is 2.38. The van der Waals surface area contributed by atoms with Gasteiger partial charge in [0.2, 0.25) is 11.7 Å². The van der Waals surface area contributed by atoms with Gasteiger partial charge in [0.15, 0.2) is 9.84 Å². The molecule has 0 aliphatic rings. The highest BCUT2D eigenvalue weighted by molar-refractivity contribution is 7.90. The summed E-state index contributed by atoms with van der Waals surface area (Å²) in [5.41, 5.74) is 0.231. The van der Waals surface area contributed by atoms with E-state index in [0.717, 1.165) is 12.7 Å². The van der Waals surface area contributed by atoms with Gasteiger partial charge in [0.05, 0.1) is 4.90 Å². The zero-order valence-electron chi connectivity index (χ0n) is 11.7. The highest BCUT2D eigenvalue weighted by atomic mass is 32.2. The molecule has 0 spiro atoms. The van der Waals surface area contributed by atoms with Gasteiger partial charge in [-0.25, -0.2) is 8.42 Å². The molecule has 0 fully saturated rings. The van der Waals surface area contributed by atoms with E-state index >= 15 is 0 Å². The van der Waals surface area contributed by atoms with Crippen LogP contribution < -0.4 is 0 Å². The zero-order valence-corrected chi connectivity index (χ0v) is 12.5. The van der Waals surface area contributed by atoms with Gasteiger partial charge in [-0.2, -0.15) is 4.98 Å². The number of sulfone groups is 1. The maximum atomic E-state index is 11.7. The molecule has 0 aromatic carbocycles. The van der Waals surface area contributed by atoms with E-state index in [2.05, 4.69) is 29.0 Å². The molecule has 6 nitrogen and oxygen atoms in total. The molecule has 20 heavy (non-hydrogen) atoms. The first-order valence-electron chi connectivity index (χ1n) is 6.39. The minimum atomic E-state index is -3.38. The van der Waals surface area contributed by atoms with Crippen LogP contribution in [0.2, 0.25) is 0 Å². The first kappa shape index (κ1) is 14.6. The Morgan fingerprint density at radius 2 is 2.15 bits per heavy atom. The van der Waals surface area contributed by atoms with Crippen molar-refractivity contribution < 1.29 is 12.9 Å². The Hall–Kier alpha value is -1.76. The van der Waals surface area contributed by atoms with Crippen LogP contribution >= 0.6 is 0 Å². The molecule has 0 saturated carbocycles. The van der Waals surface area contributed by atoms with Crippen molar-refractivity contribution in [2.45, 2.75) is 31.6 Å². The first-order chi connectivity index (χ1) is 9.41. The van der Waals surface area contributed by atoms with Gasteiger partial charge in [0.25, 0.3) is 0 Å². The van der Waals surface area contributed by atoms with Crippen LogP contribution in [-0.2, 0) is 16.3 Å². The maximum absolute atomic E-state index is 11.7. The lowest BCUT2D eigenvalue weighted by molar-refractivity contribution is 0.356. The number of rotatable bonds is 5. The minimum absolute atomic E-state index is 0.107. The van der Waals surface area contributed by atoms with Gasteiger partial charge in [-0.15, -0.1) is 0 Å². The summed E-state index contributed by atoms with van der Waals surface area (Å²) in [6.07, 6.45) is 4.32. The first-order valence-corrected chi connectivity index (χ1v) is 8.29. The number of aromatic nitrogens is 3. The molecule has 2 aromatic rings. The molecule has 0 radical (unpaired) electrons. The Morgan fingerprint density at radius 3 is 2.80 bits per heavy atom. The van der Waals surface area contributed by atoms with Crippen molar-refractivity contribution in [3.8, 4) is 11.5 Å². The highest BCUT2D eigenvalue weighted by Gasteiger charge is 2.20. The fraction of sp³-hybridized carbons (Fsp3) is 0.462. The van der Waals surface area contributed by atoms with Gasteiger partial charge in [0, 0.05) is 18.9 Å². The SMILES string of the molecule is CCC(C)Cc1nc(-c2ncccc2S(C)(=O)=O)no1. The molecule has 0 saturated heterocycles. The number of nitrogens with zero attached hydrogens (tertiary/aromatic N) is 3. The molecule has 2 rings (SSSR count). The molecule has 0 bridgehead atoms. The summed E-state index contributed by atoms with van der Waals surface area (Å²) in [4.78, 5) is 8.41. The molecule has 0 aliphatic heterocycles. The number of hydrogen-bond donors (Lipinski definition) is 0. The molecule has 0 N–H and O–H groups in total. The van der Waals surface area contributed by atoms with Crippen molar-refractivity contribution in [2.75, 3.05) is 6.26 Å². The van der Waals surface area contributed by atoms with Gasteiger partial charge in [0.1, 0.15) is 5.69 Å². The van der Waals surface area contributed by atoms with Gasteiger partial charge in [-0.3, -0.25) is 4.98 Å². The van der Waals surface area contributed by atoms with Crippen molar-refractivity contribution in [1.29, 1.82) is 0 Å². The quantitative estimate of drug-likeness (QED) is 0.840. The molecule has 108 valence electrons. The molecule has 7 heteroatoms. The minimum Gasteiger partial charge on any atom is -0.339 e. The molecular weight excluding hydrogens is 278 g/mol. The van der Waals surface area contributed by atoms with Crippen LogP contribution in [0.1, 0.15) is 26.2 Å². The second kappa shape index (κ2) is 5.70. The monoisotopic (exact) mass is 295 g/mol. The number of hydrogen-bond acceptors (Lipinski definition) is 6.